The van der Waals surface area contributed by atoms with E-state index in [1.54, 1.807) is 13.8 Å². The number of carbonyl (C=O) groups is 2. The lowest BCUT2D eigenvalue weighted by Gasteiger charge is -2.04. The molecule has 0 aromatic carbocycles. The van der Waals surface area contributed by atoms with Crippen LogP contribution < -0.4 is 11.1 Å². The number of nitrogens with zero attached hydrogens (tertiary/aromatic N) is 1. The van der Waals surface area contributed by atoms with Gasteiger partial charge in [-0.1, -0.05) is 0 Å². The predicted octanol–water partition coefficient (Wildman–Crippen LogP) is 0.503. The van der Waals surface area contributed by atoms with Crippen LogP contribution in [0.25, 0.3) is 0 Å². The quantitative estimate of drug-likeness (QED) is 0.712. The van der Waals surface area contributed by atoms with Crippen LogP contribution in [0.15, 0.2) is 0 Å². The number of hydrogen-bond acceptors (Lipinski definition) is 5. The lowest BCUT2D eigenvalue weighted by Crippen LogP contribution is -2.29. The van der Waals surface area contributed by atoms with Crippen LogP contribution in [0.2, 0.25) is 0 Å². The number of amides is 1. The number of hydrogen-bond donors (Lipinski definition) is 3. The van der Waals surface area contributed by atoms with E-state index in [-0.39, 0.29) is 29.8 Å². The summed E-state index contributed by atoms with van der Waals surface area (Å²) < 4.78 is 0. The summed E-state index contributed by atoms with van der Waals surface area (Å²) in [6.07, 6.45) is 0.246. The number of rotatable bonds is 5. The lowest BCUT2D eigenvalue weighted by molar-refractivity contribution is -0.121. The SMILES string of the molecule is Cc1nc(CNC(=O)CC(C)N)sc1C(=O)O. The highest BCUT2D eigenvalue weighted by Gasteiger charge is 2.14. The van der Waals surface area contributed by atoms with Crippen molar-refractivity contribution in [1.82, 2.24) is 10.3 Å². The fraction of sp³-hybridized carbons (Fsp3) is 0.500. The molecule has 0 bridgehead atoms. The molecule has 1 amide bonds. The second-order valence-corrected chi connectivity index (χ2v) is 4.87. The van der Waals surface area contributed by atoms with Gasteiger partial charge in [-0.25, -0.2) is 9.78 Å². The number of thiazole rings is 1. The van der Waals surface area contributed by atoms with Gasteiger partial charge in [-0.05, 0) is 13.8 Å². The molecule has 1 rings (SSSR count). The van der Waals surface area contributed by atoms with Crippen LogP contribution >= 0.6 is 11.3 Å². The van der Waals surface area contributed by atoms with Crippen LogP contribution in [0.1, 0.15) is 33.7 Å². The molecule has 1 aromatic heterocycles. The summed E-state index contributed by atoms with van der Waals surface area (Å²) in [7, 11) is 0. The molecule has 0 fully saturated rings. The number of carbonyl (C=O) groups excluding carboxylic acids is 1. The van der Waals surface area contributed by atoms with Crippen molar-refractivity contribution in [3.8, 4) is 0 Å². The Labute approximate surface area is 103 Å². The van der Waals surface area contributed by atoms with E-state index < -0.39 is 5.97 Å². The minimum Gasteiger partial charge on any atom is -0.477 e. The zero-order valence-corrected chi connectivity index (χ0v) is 10.5. The number of nitrogens with two attached hydrogens (primary N) is 1. The van der Waals surface area contributed by atoms with Gasteiger partial charge in [0.05, 0.1) is 12.2 Å². The summed E-state index contributed by atoms with van der Waals surface area (Å²) >= 11 is 1.07. The highest BCUT2D eigenvalue weighted by Crippen LogP contribution is 2.17. The Bertz CT molecular complexity index is 428. The van der Waals surface area contributed by atoms with E-state index in [0.29, 0.717) is 10.7 Å². The molecule has 94 valence electrons. The Kier molecular flexibility index (Phi) is 4.59. The molecule has 4 N–H and O–H groups in total. The number of aromatic nitrogens is 1. The van der Waals surface area contributed by atoms with Crippen molar-refractivity contribution in [2.45, 2.75) is 32.9 Å². The first-order valence-corrected chi connectivity index (χ1v) is 5.93. The molecule has 1 unspecified atom stereocenters. The minimum atomic E-state index is -0.992. The van der Waals surface area contributed by atoms with E-state index >= 15 is 0 Å². The number of carboxylic acids is 1. The molecule has 0 radical (unpaired) electrons. The molecule has 0 aliphatic heterocycles. The Balaban J connectivity index is 2.55. The van der Waals surface area contributed by atoms with Gasteiger partial charge in [0.2, 0.25) is 5.91 Å². The summed E-state index contributed by atoms with van der Waals surface area (Å²) in [5, 5.41) is 12.1. The van der Waals surface area contributed by atoms with Gasteiger partial charge in [-0.2, -0.15) is 0 Å². The number of carboxylic acid groups (broad SMARTS) is 1. The van der Waals surface area contributed by atoms with Crippen LogP contribution in [0.5, 0.6) is 0 Å². The van der Waals surface area contributed by atoms with Crippen molar-refractivity contribution >= 4 is 23.2 Å². The first-order valence-electron chi connectivity index (χ1n) is 5.12. The van der Waals surface area contributed by atoms with Crippen LogP contribution in [0.3, 0.4) is 0 Å². The molecule has 1 aromatic rings. The van der Waals surface area contributed by atoms with Crippen LogP contribution in [-0.4, -0.2) is 28.0 Å². The summed E-state index contributed by atoms with van der Waals surface area (Å²) in [5.74, 6) is -1.15. The fourth-order valence-corrected chi connectivity index (χ4v) is 2.11. The average molecular weight is 257 g/mol. The maximum atomic E-state index is 11.3. The zero-order valence-electron chi connectivity index (χ0n) is 9.69. The van der Waals surface area contributed by atoms with Gasteiger partial charge in [0.1, 0.15) is 9.88 Å². The minimum absolute atomic E-state index is 0.162. The Hall–Kier alpha value is -1.47. The van der Waals surface area contributed by atoms with Gasteiger partial charge in [-0.15, -0.1) is 11.3 Å². The molecule has 6 nitrogen and oxygen atoms in total. The van der Waals surface area contributed by atoms with E-state index in [4.69, 9.17) is 10.8 Å². The van der Waals surface area contributed by atoms with Crippen molar-refractivity contribution in [1.29, 1.82) is 0 Å². The summed E-state index contributed by atoms with van der Waals surface area (Å²) in [6.45, 7) is 3.62. The van der Waals surface area contributed by atoms with Crippen molar-refractivity contribution in [2.24, 2.45) is 5.73 Å². The Morgan fingerprint density at radius 3 is 2.71 bits per heavy atom. The number of aromatic carboxylic acids is 1. The Morgan fingerprint density at radius 1 is 1.59 bits per heavy atom. The lowest BCUT2D eigenvalue weighted by atomic mass is 10.2. The van der Waals surface area contributed by atoms with Crippen molar-refractivity contribution in [2.75, 3.05) is 0 Å². The van der Waals surface area contributed by atoms with Gasteiger partial charge >= 0.3 is 5.97 Å². The van der Waals surface area contributed by atoms with E-state index in [1.165, 1.54) is 0 Å². The topological polar surface area (TPSA) is 105 Å². The predicted molar refractivity (Wildman–Crippen MR) is 63.9 cm³/mol. The van der Waals surface area contributed by atoms with Crippen LogP contribution in [0.4, 0.5) is 0 Å². The smallest absolute Gasteiger partial charge is 0.347 e. The molecule has 0 spiro atoms. The third kappa shape index (κ3) is 4.12. The molecular weight excluding hydrogens is 242 g/mol. The van der Waals surface area contributed by atoms with Crippen molar-refractivity contribution < 1.29 is 14.7 Å². The van der Waals surface area contributed by atoms with Gasteiger partial charge in [-0.3, -0.25) is 4.79 Å². The summed E-state index contributed by atoms with van der Waals surface area (Å²) in [6, 6.07) is -0.192. The first-order chi connectivity index (χ1) is 7.90. The van der Waals surface area contributed by atoms with Crippen LogP contribution in [0, 0.1) is 6.92 Å². The van der Waals surface area contributed by atoms with E-state index in [1.807, 2.05) is 0 Å². The van der Waals surface area contributed by atoms with Crippen molar-refractivity contribution in [3.05, 3.63) is 15.6 Å². The van der Waals surface area contributed by atoms with E-state index in [0.717, 1.165) is 11.3 Å². The molecular formula is C10H15N3O3S. The highest BCUT2D eigenvalue weighted by molar-refractivity contribution is 7.13. The Morgan fingerprint density at radius 2 is 2.24 bits per heavy atom. The molecule has 7 heteroatoms. The fourth-order valence-electron chi connectivity index (χ4n) is 1.27. The molecule has 0 saturated carbocycles. The molecule has 0 aliphatic carbocycles. The largest absolute Gasteiger partial charge is 0.477 e. The second kappa shape index (κ2) is 5.74. The van der Waals surface area contributed by atoms with Gasteiger partial charge in [0.15, 0.2) is 0 Å². The standard InChI is InChI=1S/C10H15N3O3S/c1-5(11)3-7(14)12-4-8-13-6(2)9(17-8)10(15)16/h5H,3-4,11H2,1-2H3,(H,12,14)(H,15,16). The summed E-state index contributed by atoms with van der Waals surface area (Å²) in [4.78, 5) is 26.4. The molecule has 0 saturated heterocycles. The molecule has 1 heterocycles. The van der Waals surface area contributed by atoms with Gasteiger partial charge in [0.25, 0.3) is 0 Å². The number of aryl methyl sites for hydroxylation is 1. The average Bonchev–Trinajstić information content (AvgIpc) is 2.56. The molecule has 17 heavy (non-hydrogen) atoms. The van der Waals surface area contributed by atoms with Crippen molar-refractivity contribution in [3.63, 3.8) is 0 Å². The second-order valence-electron chi connectivity index (χ2n) is 3.79. The third-order valence-electron chi connectivity index (χ3n) is 1.98. The highest BCUT2D eigenvalue weighted by atomic mass is 32.1. The summed E-state index contributed by atoms with van der Waals surface area (Å²) in [5.41, 5.74) is 5.95. The maximum Gasteiger partial charge on any atom is 0.347 e. The molecule has 0 aliphatic rings. The van der Waals surface area contributed by atoms with Gasteiger partial charge < -0.3 is 16.2 Å². The van der Waals surface area contributed by atoms with Gasteiger partial charge in [0, 0.05) is 12.5 Å². The monoisotopic (exact) mass is 257 g/mol. The number of nitrogens with one attached hydrogen (secondary N) is 1. The van der Waals surface area contributed by atoms with E-state index in [2.05, 4.69) is 10.3 Å². The molecule has 1 atom stereocenters. The van der Waals surface area contributed by atoms with E-state index in [9.17, 15) is 9.59 Å². The zero-order chi connectivity index (χ0) is 13.0. The van der Waals surface area contributed by atoms with Crippen LogP contribution in [-0.2, 0) is 11.3 Å². The maximum absolute atomic E-state index is 11.3. The first kappa shape index (κ1) is 13.6. The third-order valence-corrected chi connectivity index (χ3v) is 3.12. The normalized spacial score (nSPS) is 12.2.